The van der Waals surface area contributed by atoms with E-state index in [1.807, 2.05) is 9.80 Å². The molecule has 0 aliphatic carbocycles. The Bertz CT molecular complexity index is 362. The lowest BCUT2D eigenvalue weighted by Crippen LogP contribution is -2.44. The highest BCUT2D eigenvalue weighted by molar-refractivity contribution is 5.74. The predicted octanol–water partition coefficient (Wildman–Crippen LogP) is 7.36. The molecule has 0 rings (SSSR count). The molecule has 180 valence electrons. The van der Waals surface area contributed by atoms with Gasteiger partial charge in [-0.1, -0.05) is 103 Å². The summed E-state index contributed by atoms with van der Waals surface area (Å²) >= 11 is 0. The molecule has 0 heterocycles. The Hall–Kier alpha value is -0.770. The molecule has 0 aromatic heterocycles. The van der Waals surface area contributed by atoms with Crippen molar-refractivity contribution in [3.63, 3.8) is 0 Å². The number of hydrogen-bond acceptors (Lipinski definition) is 2. The average Bonchev–Trinajstić information content (AvgIpc) is 2.76. The van der Waals surface area contributed by atoms with Gasteiger partial charge in [0.2, 0.25) is 0 Å². The van der Waals surface area contributed by atoms with Gasteiger partial charge in [-0.25, -0.2) is 4.79 Å². The molecule has 0 spiro atoms. The van der Waals surface area contributed by atoms with Crippen LogP contribution in [0.5, 0.6) is 0 Å². The first-order valence-electron chi connectivity index (χ1n) is 13.4. The molecule has 0 fully saturated rings. The van der Waals surface area contributed by atoms with Crippen LogP contribution >= 0.6 is 0 Å². The van der Waals surface area contributed by atoms with Gasteiger partial charge in [0.25, 0.3) is 0 Å². The van der Waals surface area contributed by atoms with E-state index in [0.717, 1.165) is 39.0 Å². The number of carbonyl (C=O) groups is 1. The summed E-state index contributed by atoms with van der Waals surface area (Å²) in [6.07, 6.45) is 23.0. The molecule has 4 nitrogen and oxygen atoms in total. The number of hydrogen-bond donors (Lipinski definition) is 1. The summed E-state index contributed by atoms with van der Waals surface area (Å²) in [5, 5.41) is 0. The number of carbonyl (C=O) groups excluding carboxylic acids is 1. The lowest BCUT2D eigenvalue weighted by atomic mass is 10.0. The number of unbranched alkanes of at least 4 members (excludes halogenated alkanes) is 15. The van der Waals surface area contributed by atoms with Crippen molar-refractivity contribution in [3.05, 3.63) is 0 Å². The van der Waals surface area contributed by atoms with Gasteiger partial charge in [-0.05, 0) is 33.2 Å². The maximum absolute atomic E-state index is 12.6. The summed E-state index contributed by atoms with van der Waals surface area (Å²) in [7, 11) is 0. The van der Waals surface area contributed by atoms with Crippen LogP contribution in [-0.4, -0.2) is 48.6 Å². The highest BCUT2D eigenvalue weighted by atomic mass is 16.2. The monoisotopic (exact) mass is 425 g/mol. The van der Waals surface area contributed by atoms with Gasteiger partial charge in [0.05, 0.1) is 0 Å². The van der Waals surface area contributed by atoms with E-state index in [-0.39, 0.29) is 6.03 Å². The van der Waals surface area contributed by atoms with Crippen molar-refractivity contribution in [3.8, 4) is 0 Å². The zero-order chi connectivity index (χ0) is 22.3. The topological polar surface area (TPSA) is 49.6 Å². The Morgan fingerprint density at radius 2 is 0.867 bits per heavy atom. The van der Waals surface area contributed by atoms with Crippen LogP contribution in [0.3, 0.4) is 0 Å². The molecule has 2 amide bonds. The van der Waals surface area contributed by atoms with E-state index >= 15 is 0 Å². The molecular formula is C26H55N3O. The maximum Gasteiger partial charge on any atom is 0.319 e. The Kier molecular flexibility index (Phi) is 22.3. The summed E-state index contributed by atoms with van der Waals surface area (Å²) < 4.78 is 0. The van der Waals surface area contributed by atoms with Crippen LogP contribution in [0.4, 0.5) is 4.79 Å². The van der Waals surface area contributed by atoms with Gasteiger partial charge < -0.3 is 15.5 Å². The van der Waals surface area contributed by atoms with Crippen LogP contribution in [0.1, 0.15) is 130 Å². The van der Waals surface area contributed by atoms with Crippen molar-refractivity contribution in [1.82, 2.24) is 9.80 Å². The minimum absolute atomic E-state index is 0.189. The van der Waals surface area contributed by atoms with Gasteiger partial charge in [0.15, 0.2) is 0 Å². The minimum atomic E-state index is 0.189. The fraction of sp³-hybridized carbons (Fsp3) is 0.962. The molecule has 0 bridgehead atoms. The summed E-state index contributed by atoms with van der Waals surface area (Å²) in [6.45, 7) is 10.3. The lowest BCUT2D eigenvalue weighted by molar-refractivity contribution is 0.156. The zero-order valence-corrected chi connectivity index (χ0v) is 20.9. The van der Waals surface area contributed by atoms with Gasteiger partial charge in [0, 0.05) is 26.2 Å². The molecule has 0 radical (unpaired) electrons. The average molecular weight is 426 g/mol. The molecule has 2 N–H and O–H groups in total. The Labute approximate surface area is 189 Å². The molecular weight excluding hydrogens is 370 g/mol. The highest BCUT2D eigenvalue weighted by Crippen LogP contribution is 2.14. The van der Waals surface area contributed by atoms with Gasteiger partial charge >= 0.3 is 6.03 Å². The van der Waals surface area contributed by atoms with E-state index in [1.165, 1.54) is 96.3 Å². The predicted molar refractivity (Wildman–Crippen MR) is 133 cm³/mol. The minimum Gasteiger partial charge on any atom is -0.330 e. The summed E-state index contributed by atoms with van der Waals surface area (Å²) in [5.74, 6) is 0. The second kappa shape index (κ2) is 22.9. The van der Waals surface area contributed by atoms with Crippen LogP contribution in [0.25, 0.3) is 0 Å². The first kappa shape index (κ1) is 29.2. The largest absolute Gasteiger partial charge is 0.330 e. The van der Waals surface area contributed by atoms with Gasteiger partial charge in [-0.3, -0.25) is 0 Å². The number of rotatable bonds is 22. The van der Waals surface area contributed by atoms with E-state index in [1.54, 1.807) is 0 Å². The van der Waals surface area contributed by atoms with Crippen molar-refractivity contribution in [2.24, 2.45) is 5.73 Å². The SMILES string of the molecule is CCCCCCCCCCCCCCCCCCN(CC)C(=O)N(CC)CCCN. The molecule has 0 saturated carbocycles. The lowest BCUT2D eigenvalue weighted by Gasteiger charge is -2.29. The fourth-order valence-corrected chi connectivity index (χ4v) is 4.11. The second-order valence-corrected chi connectivity index (χ2v) is 8.89. The molecule has 0 atom stereocenters. The van der Waals surface area contributed by atoms with Crippen molar-refractivity contribution in [1.29, 1.82) is 0 Å². The molecule has 30 heavy (non-hydrogen) atoms. The molecule has 0 saturated heterocycles. The number of nitrogens with two attached hydrogens (primary N) is 1. The summed E-state index contributed by atoms with van der Waals surface area (Å²) in [6, 6.07) is 0.189. The Morgan fingerprint density at radius 1 is 0.533 bits per heavy atom. The van der Waals surface area contributed by atoms with Gasteiger partial charge in [0.1, 0.15) is 0 Å². The quantitative estimate of drug-likeness (QED) is 0.184. The summed E-state index contributed by atoms with van der Waals surface area (Å²) in [4.78, 5) is 16.6. The first-order valence-corrected chi connectivity index (χ1v) is 13.4. The van der Waals surface area contributed by atoms with Crippen molar-refractivity contribution in [2.45, 2.75) is 130 Å². The first-order chi connectivity index (χ1) is 14.7. The number of amides is 2. The van der Waals surface area contributed by atoms with Crippen molar-refractivity contribution in [2.75, 3.05) is 32.7 Å². The number of urea groups is 1. The Morgan fingerprint density at radius 3 is 1.20 bits per heavy atom. The third-order valence-corrected chi connectivity index (χ3v) is 6.22. The van der Waals surface area contributed by atoms with Crippen molar-refractivity contribution < 1.29 is 4.79 Å². The van der Waals surface area contributed by atoms with Crippen molar-refractivity contribution >= 4 is 6.03 Å². The molecule has 0 unspecified atom stereocenters. The molecule has 0 aliphatic rings. The van der Waals surface area contributed by atoms with Crippen LogP contribution < -0.4 is 5.73 Å². The van der Waals surface area contributed by atoms with Crippen LogP contribution in [0.2, 0.25) is 0 Å². The zero-order valence-electron chi connectivity index (χ0n) is 20.9. The van der Waals surface area contributed by atoms with Gasteiger partial charge in [-0.15, -0.1) is 0 Å². The Balaban J connectivity index is 3.51. The third-order valence-electron chi connectivity index (χ3n) is 6.22. The number of nitrogens with zero attached hydrogens (tertiary/aromatic N) is 2. The van der Waals surface area contributed by atoms with Crippen LogP contribution in [0, 0.1) is 0 Å². The normalized spacial score (nSPS) is 11.1. The fourth-order valence-electron chi connectivity index (χ4n) is 4.11. The second-order valence-electron chi connectivity index (χ2n) is 8.89. The molecule has 4 heteroatoms. The maximum atomic E-state index is 12.6. The molecule has 0 aromatic carbocycles. The molecule has 0 aromatic rings. The third kappa shape index (κ3) is 17.0. The smallest absolute Gasteiger partial charge is 0.319 e. The van der Waals surface area contributed by atoms with E-state index in [0.29, 0.717) is 6.54 Å². The van der Waals surface area contributed by atoms with E-state index in [9.17, 15) is 4.79 Å². The van der Waals surface area contributed by atoms with Crippen LogP contribution in [-0.2, 0) is 0 Å². The van der Waals surface area contributed by atoms with Gasteiger partial charge in [-0.2, -0.15) is 0 Å². The molecule has 0 aliphatic heterocycles. The highest BCUT2D eigenvalue weighted by Gasteiger charge is 2.17. The van der Waals surface area contributed by atoms with E-state index in [4.69, 9.17) is 5.73 Å². The van der Waals surface area contributed by atoms with E-state index < -0.39 is 0 Å². The summed E-state index contributed by atoms with van der Waals surface area (Å²) in [5.41, 5.74) is 5.59. The van der Waals surface area contributed by atoms with E-state index in [2.05, 4.69) is 20.8 Å². The van der Waals surface area contributed by atoms with Crippen LogP contribution in [0.15, 0.2) is 0 Å². The standard InChI is InChI=1S/C26H55N3O/c1-4-7-8-9-10-11-12-13-14-15-16-17-18-19-20-21-24-28(5-2)26(30)29(6-3)25-22-23-27/h4-25,27H2,1-3H3.